The average molecular weight is 229 g/mol. The van der Waals surface area contributed by atoms with Crippen LogP contribution < -0.4 is 5.73 Å². The molecule has 1 aliphatic carbocycles. The van der Waals surface area contributed by atoms with Crippen LogP contribution in [-0.2, 0) is 12.8 Å². The minimum absolute atomic E-state index is 0.194. The Morgan fingerprint density at radius 1 is 1.24 bits per heavy atom. The molecule has 1 unspecified atom stereocenters. The van der Waals surface area contributed by atoms with E-state index in [9.17, 15) is 0 Å². The Morgan fingerprint density at radius 3 is 2.41 bits per heavy atom. The van der Waals surface area contributed by atoms with E-state index in [0.29, 0.717) is 17.7 Å². The number of nitrogens with zero attached hydrogens (tertiary/aromatic N) is 2. The summed E-state index contributed by atoms with van der Waals surface area (Å²) in [5, 5.41) is 8.09. The van der Waals surface area contributed by atoms with Gasteiger partial charge in [-0.3, -0.25) is 0 Å². The fraction of sp³-hybridized carbons (Fsp3) is 0.385. The first-order chi connectivity index (χ1) is 8.24. The lowest BCUT2D eigenvalue weighted by atomic mass is 10.1. The zero-order chi connectivity index (χ0) is 11.8. The van der Waals surface area contributed by atoms with Gasteiger partial charge in [-0.2, -0.15) is 0 Å². The van der Waals surface area contributed by atoms with Crippen LogP contribution >= 0.6 is 0 Å². The third-order valence-electron chi connectivity index (χ3n) is 3.25. The number of hydrogen-bond donors (Lipinski definition) is 1. The van der Waals surface area contributed by atoms with Crippen LogP contribution in [0.15, 0.2) is 28.7 Å². The molecule has 1 aromatic heterocycles. The molecular weight excluding hydrogens is 214 g/mol. The summed E-state index contributed by atoms with van der Waals surface area (Å²) in [6.45, 7) is 1.85. The maximum absolute atomic E-state index is 5.71. The topological polar surface area (TPSA) is 64.9 Å². The third kappa shape index (κ3) is 1.85. The first kappa shape index (κ1) is 10.5. The van der Waals surface area contributed by atoms with Crippen LogP contribution in [0.3, 0.4) is 0 Å². The Morgan fingerprint density at radius 2 is 1.88 bits per heavy atom. The molecular formula is C13H15N3O. The summed E-state index contributed by atoms with van der Waals surface area (Å²) in [7, 11) is 0. The minimum Gasteiger partial charge on any atom is -0.423 e. The van der Waals surface area contributed by atoms with E-state index < -0.39 is 0 Å². The van der Waals surface area contributed by atoms with Crippen LogP contribution in [0.1, 0.15) is 41.8 Å². The Hall–Kier alpha value is -1.68. The highest BCUT2D eigenvalue weighted by atomic mass is 16.4. The summed E-state index contributed by atoms with van der Waals surface area (Å²) in [6.07, 6.45) is 1.97. The number of benzene rings is 1. The zero-order valence-electron chi connectivity index (χ0n) is 9.76. The number of rotatable bonds is 2. The fourth-order valence-corrected chi connectivity index (χ4v) is 2.33. The molecule has 0 fully saturated rings. The van der Waals surface area contributed by atoms with E-state index in [1.165, 1.54) is 11.1 Å². The van der Waals surface area contributed by atoms with Gasteiger partial charge in [0.1, 0.15) is 0 Å². The standard InChI is InChI=1S/C13H15N3O/c1-8(14)12-15-16-13(17-12)11-6-9-4-2-3-5-10(9)7-11/h2-5,8,11H,6-7,14H2,1H3. The largest absolute Gasteiger partial charge is 0.423 e. The lowest BCUT2D eigenvalue weighted by Gasteiger charge is -2.02. The molecule has 1 atom stereocenters. The molecule has 0 bridgehead atoms. The molecule has 2 N–H and O–H groups in total. The summed E-state index contributed by atoms with van der Waals surface area (Å²) < 4.78 is 5.61. The lowest BCUT2D eigenvalue weighted by molar-refractivity contribution is 0.401. The van der Waals surface area contributed by atoms with Crippen molar-refractivity contribution in [1.29, 1.82) is 0 Å². The molecule has 1 aliphatic rings. The molecule has 1 heterocycles. The van der Waals surface area contributed by atoms with Gasteiger partial charge in [-0.25, -0.2) is 0 Å². The van der Waals surface area contributed by atoms with Crippen molar-refractivity contribution >= 4 is 0 Å². The highest BCUT2D eigenvalue weighted by molar-refractivity contribution is 5.34. The molecule has 17 heavy (non-hydrogen) atoms. The highest BCUT2D eigenvalue weighted by Gasteiger charge is 2.27. The smallest absolute Gasteiger partial charge is 0.232 e. The van der Waals surface area contributed by atoms with Crippen LogP contribution in [0.5, 0.6) is 0 Å². The average Bonchev–Trinajstić information content (AvgIpc) is 2.95. The molecule has 88 valence electrons. The van der Waals surface area contributed by atoms with Gasteiger partial charge in [-0.1, -0.05) is 24.3 Å². The molecule has 2 aromatic rings. The molecule has 0 saturated heterocycles. The van der Waals surface area contributed by atoms with Gasteiger partial charge >= 0.3 is 0 Å². The van der Waals surface area contributed by atoms with Gasteiger partial charge in [-0.05, 0) is 30.9 Å². The molecule has 3 rings (SSSR count). The minimum atomic E-state index is -0.194. The second-order valence-corrected chi connectivity index (χ2v) is 4.64. The van der Waals surface area contributed by atoms with Gasteiger partial charge in [0.25, 0.3) is 0 Å². The van der Waals surface area contributed by atoms with Crippen molar-refractivity contribution in [2.45, 2.75) is 31.7 Å². The van der Waals surface area contributed by atoms with E-state index in [0.717, 1.165) is 12.8 Å². The normalized spacial score (nSPS) is 17.1. The molecule has 4 heteroatoms. The highest BCUT2D eigenvalue weighted by Crippen LogP contribution is 2.33. The van der Waals surface area contributed by atoms with Crippen LogP contribution in [0, 0.1) is 0 Å². The van der Waals surface area contributed by atoms with Gasteiger partial charge in [-0.15, -0.1) is 10.2 Å². The van der Waals surface area contributed by atoms with E-state index in [1.807, 2.05) is 6.92 Å². The molecule has 1 aromatic carbocycles. The summed E-state index contributed by atoms with van der Waals surface area (Å²) in [5.41, 5.74) is 8.49. The van der Waals surface area contributed by atoms with Crippen molar-refractivity contribution in [1.82, 2.24) is 10.2 Å². The van der Waals surface area contributed by atoms with Gasteiger partial charge in [0, 0.05) is 5.92 Å². The van der Waals surface area contributed by atoms with E-state index >= 15 is 0 Å². The maximum atomic E-state index is 5.71. The zero-order valence-corrected chi connectivity index (χ0v) is 9.76. The fourth-order valence-electron chi connectivity index (χ4n) is 2.33. The van der Waals surface area contributed by atoms with Crippen molar-refractivity contribution < 1.29 is 4.42 Å². The summed E-state index contributed by atoms with van der Waals surface area (Å²) >= 11 is 0. The van der Waals surface area contributed by atoms with Crippen molar-refractivity contribution in [3.05, 3.63) is 47.2 Å². The maximum Gasteiger partial charge on any atom is 0.232 e. The Kier molecular flexibility index (Phi) is 2.44. The third-order valence-corrected chi connectivity index (χ3v) is 3.25. The van der Waals surface area contributed by atoms with Crippen molar-refractivity contribution in [3.8, 4) is 0 Å². The van der Waals surface area contributed by atoms with Crippen LogP contribution in [-0.4, -0.2) is 10.2 Å². The molecule has 0 spiro atoms. The van der Waals surface area contributed by atoms with Gasteiger partial charge in [0.15, 0.2) is 0 Å². The van der Waals surface area contributed by atoms with Gasteiger partial charge in [0.05, 0.1) is 6.04 Å². The van der Waals surface area contributed by atoms with Crippen LogP contribution in [0.2, 0.25) is 0 Å². The monoisotopic (exact) mass is 229 g/mol. The van der Waals surface area contributed by atoms with Gasteiger partial charge in [0.2, 0.25) is 11.8 Å². The molecule has 4 nitrogen and oxygen atoms in total. The van der Waals surface area contributed by atoms with E-state index in [1.54, 1.807) is 0 Å². The predicted octanol–water partition coefficient (Wildman–Crippen LogP) is 1.97. The molecule has 0 amide bonds. The molecule has 0 aliphatic heterocycles. The number of fused-ring (bicyclic) bond motifs is 1. The molecule has 0 radical (unpaired) electrons. The number of nitrogens with two attached hydrogens (primary N) is 1. The number of aromatic nitrogens is 2. The predicted molar refractivity (Wildman–Crippen MR) is 63.5 cm³/mol. The van der Waals surface area contributed by atoms with E-state index in [-0.39, 0.29) is 6.04 Å². The van der Waals surface area contributed by atoms with Crippen molar-refractivity contribution in [3.63, 3.8) is 0 Å². The van der Waals surface area contributed by atoms with Crippen molar-refractivity contribution in [2.24, 2.45) is 5.73 Å². The lowest BCUT2D eigenvalue weighted by Crippen LogP contribution is -2.04. The second-order valence-electron chi connectivity index (χ2n) is 4.64. The first-order valence-electron chi connectivity index (χ1n) is 5.89. The Balaban J connectivity index is 1.84. The summed E-state index contributed by atoms with van der Waals surface area (Å²) in [5.74, 6) is 1.55. The van der Waals surface area contributed by atoms with Crippen molar-refractivity contribution in [2.75, 3.05) is 0 Å². The first-order valence-corrected chi connectivity index (χ1v) is 5.89. The Labute approximate surface area is 99.8 Å². The second kappa shape index (κ2) is 3.96. The molecule has 0 saturated carbocycles. The number of hydrogen-bond acceptors (Lipinski definition) is 4. The van der Waals surface area contributed by atoms with Crippen LogP contribution in [0.4, 0.5) is 0 Å². The van der Waals surface area contributed by atoms with E-state index in [2.05, 4.69) is 34.5 Å². The Bertz CT molecular complexity index is 508. The summed E-state index contributed by atoms with van der Waals surface area (Å²) in [6, 6.07) is 8.28. The SMILES string of the molecule is CC(N)c1nnc(C2Cc3ccccc3C2)o1. The summed E-state index contributed by atoms with van der Waals surface area (Å²) in [4.78, 5) is 0. The van der Waals surface area contributed by atoms with Crippen LogP contribution in [0.25, 0.3) is 0 Å². The van der Waals surface area contributed by atoms with Gasteiger partial charge < -0.3 is 10.2 Å². The van der Waals surface area contributed by atoms with E-state index in [4.69, 9.17) is 10.2 Å². The quantitative estimate of drug-likeness (QED) is 0.855.